The van der Waals surface area contributed by atoms with E-state index in [0.717, 1.165) is 4.57 Å². The van der Waals surface area contributed by atoms with Crippen molar-refractivity contribution < 1.29 is 10.2 Å². The second-order valence-corrected chi connectivity index (χ2v) is 2.66. The van der Waals surface area contributed by atoms with E-state index in [1.165, 1.54) is 4.57 Å². The van der Waals surface area contributed by atoms with Crippen molar-refractivity contribution in [2.45, 2.75) is 20.2 Å². The molecule has 5 nitrogen and oxygen atoms in total. The highest BCUT2D eigenvalue weighted by molar-refractivity contribution is 5.18. The van der Waals surface area contributed by atoms with Crippen LogP contribution in [0.4, 0.5) is 0 Å². The summed E-state index contributed by atoms with van der Waals surface area (Å²) in [6.45, 7) is 4.90. The van der Waals surface area contributed by atoms with Gasteiger partial charge in [-0.25, -0.2) is 9.36 Å². The van der Waals surface area contributed by atoms with Gasteiger partial charge in [0.15, 0.2) is 0 Å². The van der Waals surface area contributed by atoms with Crippen molar-refractivity contribution >= 4 is 0 Å². The Morgan fingerprint density at radius 3 is 2.54 bits per heavy atom. The fourth-order valence-electron chi connectivity index (χ4n) is 1.17. The maximum absolute atomic E-state index is 11.4. The molecule has 0 unspecified atom stereocenters. The Bertz CT molecular complexity index is 375. The van der Waals surface area contributed by atoms with Crippen LogP contribution in [0.5, 0.6) is 5.88 Å². The molecule has 1 rings (SSSR count). The van der Waals surface area contributed by atoms with Gasteiger partial charge >= 0.3 is 5.69 Å². The predicted octanol–water partition coefficient (Wildman–Crippen LogP) is -0.200. The summed E-state index contributed by atoms with van der Waals surface area (Å²) in [7, 11) is 0. The first-order valence-electron chi connectivity index (χ1n) is 3.84. The molecule has 0 bridgehead atoms. The Morgan fingerprint density at radius 1 is 1.54 bits per heavy atom. The van der Waals surface area contributed by atoms with Crippen molar-refractivity contribution in [2.24, 2.45) is 0 Å². The number of imidazole rings is 1. The van der Waals surface area contributed by atoms with Crippen molar-refractivity contribution in [1.29, 1.82) is 0 Å². The molecular weight excluding hydrogens is 172 g/mol. The molecule has 13 heavy (non-hydrogen) atoms. The number of aromatic hydroxyl groups is 1. The molecule has 72 valence electrons. The van der Waals surface area contributed by atoms with Crippen LogP contribution in [-0.2, 0) is 13.3 Å². The predicted molar refractivity (Wildman–Crippen MR) is 47.5 cm³/mol. The number of nitrogens with zero attached hydrogens (tertiary/aromatic N) is 2. The van der Waals surface area contributed by atoms with Crippen LogP contribution in [0.2, 0.25) is 0 Å². The third-order valence-electron chi connectivity index (χ3n) is 1.90. The third-order valence-corrected chi connectivity index (χ3v) is 1.90. The Kier molecular flexibility index (Phi) is 2.57. The Labute approximate surface area is 75.2 Å². The summed E-state index contributed by atoms with van der Waals surface area (Å²) in [5.41, 5.74) is -0.00338. The normalized spacial score (nSPS) is 10.3. The summed E-state index contributed by atoms with van der Waals surface area (Å²) in [5, 5.41) is 18.1. The zero-order valence-electron chi connectivity index (χ0n) is 7.40. The van der Waals surface area contributed by atoms with E-state index < -0.39 is 12.4 Å². The zero-order chi connectivity index (χ0) is 10.0. The summed E-state index contributed by atoms with van der Waals surface area (Å²) in [6, 6.07) is 0. The van der Waals surface area contributed by atoms with Gasteiger partial charge < -0.3 is 10.2 Å². The van der Waals surface area contributed by atoms with E-state index in [1.807, 2.05) is 0 Å². The maximum atomic E-state index is 11.4. The summed E-state index contributed by atoms with van der Waals surface area (Å²) in [5.74, 6) is -0.200. The Hall–Kier alpha value is -1.49. The molecule has 0 aromatic carbocycles. The molecule has 0 aliphatic heterocycles. The van der Waals surface area contributed by atoms with Crippen molar-refractivity contribution in [3.8, 4) is 5.88 Å². The average molecular weight is 184 g/mol. The van der Waals surface area contributed by atoms with E-state index in [2.05, 4.69) is 6.58 Å². The fourth-order valence-corrected chi connectivity index (χ4v) is 1.17. The van der Waals surface area contributed by atoms with E-state index in [4.69, 9.17) is 5.11 Å². The minimum Gasteiger partial charge on any atom is -0.493 e. The van der Waals surface area contributed by atoms with Gasteiger partial charge in [0.05, 0.1) is 5.69 Å². The Balaban J connectivity index is 3.36. The smallest absolute Gasteiger partial charge is 0.333 e. The first-order chi connectivity index (χ1) is 6.13. The van der Waals surface area contributed by atoms with Crippen LogP contribution < -0.4 is 5.69 Å². The molecule has 0 saturated carbocycles. The SMILES string of the molecule is C=CCn1c(C)c(O)n(CO)c1=O. The molecule has 0 fully saturated rings. The van der Waals surface area contributed by atoms with E-state index in [0.29, 0.717) is 12.2 Å². The number of hydrogen-bond acceptors (Lipinski definition) is 3. The van der Waals surface area contributed by atoms with Crippen LogP contribution in [0.3, 0.4) is 0 Å². The van der Waals surface area contributed by atoms with E-state index in [1.54, 1.807) is 13.0 Å². The molecule has 1 heterocycles. The van der Waals surface area contributed by atoms with Crippen molar-refractivity contribution in [1.82, 2.24) is 9.13 Å². The van der Waals surface area contributed by atoms with Crippen molar-refractivity contribution in [3.05, 3.63) is 28.8 Å². The van der Waals surface area contributed by atoms with Crippen LogP contribution in [0.15, 0.2) is 17.4 Å². The molecule has 0 aliphatic carbocycles. The standard InChI is InChI=1S/C8H12N2O3/c1-3-4-9-6(2)7(12)10(5-11)8(9)13/h3,11-12H,1,4-5H2,2H3. The molecule has 2 N–H and O–H groups in total. The lowest BCUT2D eigenvalue weighted by atomic mass is 10.5. The van der Waals surface area contributed by atoms with Gasteiger partial charge in [0.2, 0.25) is 5.88 Å². The second kappa shape index (κ2) is 3.49. The maximum Gasteiger partial charge on any atom is 0.333 e. The number of aliphatic hydroxyl groups is 1. The summed E-state index contributed by atoms with van der Waals surface area (Å²) >= 11 is 0. The average Bonchev–Trinajstić information content (AvgIpc) is 2.31. The van der Waals surface area contributed by atoms with Gasteiger partial charge in [0, 0.05) is 6.54 Å². The number of aromatic nitrogens is 2. The minimum atomic E-state index is -0.518. The van der Waals surface area contributed by atoms with Gasteiger partial charge in [-0.3, -0.25) is 4.57 Å². The van der Waals surface area contributed by atoms with Gasteiger partial charge in [0.1, 0.15) is 6.73 Å². The summed E-state index contributed by atoms with van der Waals surface area (Å²) in [6.07, 6.45) is 1.55. The molecule has 0 aliphatic rings. The van der Waals surface area contributed by atoms with Crippen LogP contribution in [0.1, 0.15) is 5.69 Å². The highest BCUT2D eigenvalue weighted by Gasteiger charge is 2.13. The second-order valence-electron chi connectivity index (χ2n) is 2.66. The number of allylic oxidation sites excluding steroid dienone is 1. The quantitative estimate of drug-likeness (QED) is 0.639. The van der Waals surface area contributed by atoms with Crippen LogP contribution in [-0.4, -0.2) is 19.3 Å². The highest BCUT2D eigenvalue weighted by Crippen LogP contribution is 2.13. The van der Waals surface area contributed by atoms with E-state index in [9.17, 15) is 9.90 Å². The van der Waals surface area contributed by atoms with Crippen molar-refractivity contribution in [2.75, 3.05) is 0 Å². The van der Waals surface area contributed by atoms with Gasteiger partial charge in [-0.05, 0) is 6.92 Å². The van der Waals surface area contributed by atoms with Gasteiger partial charge in [0.25, 0.3) is 0 Å². The summed E-state index contributed by atoms with van der Waals surface area (Å²) in [4.78, 5) is 11.4. The first kappa shape index (κ1) is 9.60. The lowest BCUT2D eigenvalue weighted by molar-refractivity contribution is 0.191. The molecule has 0 radical (unpaired) electrons. The van der Waals surface area contributed by atoms with Crippen LogP contribution in [0.25, 0.3) is 0 Å². The monoisotopic (exact) mass is 184 g/mol. The molecule has 0 atom stereocenters. The third kappa shape index (κ3) is 1.38. The summed E-state index contributed by atoms with van der Waals surface area (Å²) < 4.78 is 2.22. The molecule has 0 spiro atoms. The van der Waals surface area contributed by atoms with E-state index >= 15 is 0 Å². The zero-order valence-corrected chi connectivity index (χ0v) is 7.40. The first-order valence-corrected chi connectivity index (χ1v) is 3.84. The van der Waals surface area contributed by atoms with Gasteiger partial charge in [-0.15, -0.1) is 6.58 Å². The largest absolute Gasteiger partial charge is 0.493 e. The molecule has 0 saturated heterocycles. The lowest BCUT2D eigenvalue weighted by Crippen LogP contribution is -2.24. The molecule has 0 amide bonds. The van der Waals surface area contributed by atoms with Crippen molar-refractivity contribution in [3.63, 3.8) is 0 Å². The minimum absolute atomic E-state index is 0.200. The van der Waals surface area contributed by atoms with E-state index in [-0.39, 0.29) is 5.88 Å². The topological polar surface area (TPSA) is 67.4 Å². The fraction of sp³-hybridized carbons (Fsp3) is 0.375. The number of hydrogen-bond donors (Lipinski definition) is 2. The highest BCUT2D eigenvalue weighted by atomic mass is 16.3. The van der Waals surface area contributed by atoms with Crippen LogP contribution >= 0.6 is 0 Å². The number of aliphatic hydroxyl groups excluding tert-OH is 1. The Morgan fingerprint density at radius 2 is 2.15 bits per heavy atom. The molecule has 5 heteroatoms. The molecular formula is C8H12N2O3. The van der Waals surface area contributed by atoms with Crippen LogP contribution in [0, 0.1) is 6.92 Å². The number of rotatable bonds is 3. The molecule has 1 aromatic rings. The van der Waals surface area contributed by atoms with Gasteiger partial charge in [-0.1, -0.05) is 6.08 Å². The van der Waals surface area contributed by atoms with Gasteiger partial charge in [-0.2, -0.15) is 0 Å². The molecule has 1 aromatic heterocycles. The lowest BCUT2D eigenvalue weighted by Gasteiger charge is -1.96.